The van der Waals surface area contributed by atoms with Gasteiger partial charge >= 0.3 is 0 Å². The third-order valence-electron chi connectivity index (χ3n) is 4.66. The van der Waals surface area contributed by atoms with Crippen molar-refractivity contribution >= 4 is 27.3 Å². The molecule has 0 bridgehead atoms. The van der Waals surface area contributed by atoms with Crippen LogP contribution in [-0.2, 0) is 0 Å². The van der Waals surface area contributed by atoms with E-state index in [-0.39, 0.29) is 0 Å². The SMILES string of the molecule is COc1cc(OC)c(-c2cn3ccc(N4CCCC4)cc3n2)cc1Br. The molecule has 1 fully saturated rings. The lowest BCUT2D eigenvalue weighted by molar-refractivity contribution is 0.393. The lowest BCUT2D eigenvalue weighted by Crippen LogP contribution is -2.17. The lowest BCUT2D eigenvalue weighted by atomic mass is 10.1. The van der Waals surface area contributed by atoms with E-state index in [9.17, 15) is 0 Å². The minimum Gasteiger partial charge on any atom is -0.496 e. The number of hydrogen-bond donors (Lipinski definition) is 0. The number of fused-ring (bicyclic) bond motifs is 1. The average Bonchev–Trinajstić information content (AvgIpc) is 3.30. The molecular formula is C19H20BrN3O2. The Bertz CT molecular complexity index is 916. The minimum absolute atomic E-state index is 0.737. The highest BCUT2D eigenvalue weighted by Crippen LogP contribution is 2.38. The van der Waals surface area contributed by atoms with Crippen LogP contribution in [0.3, 0.4) is 0 Å². The Labute approximate surface area is 155 Å². The zero-order valence-electron chi connectivity index (χ0n) is 14.3. The van der Waals surface area contributed by atoms with Gasteiger partial charge in [0, 0.05) is 48.9 Å². The largest absolute Gasteiger partial charge is 0.496 e. The summed E-state index contributed by atoms with van der Waals surface area (Å²) in [7, 11) is 3.30. The first kappa shape index (κ1) is 16.3. The van der Waals surface area contributed by atoms with Crippen molar-refractivity contribution in [1.82, 2.24) is 9.38 Å². The number of methoxy groups -OCH3 is 2. The monoisotopic (exact) mass is 401 g/mol. The fraction of sp³-hybridized carbons (Fsp3) is 0.316. The van der Waals surface area contributed by atoms with Gasteiger partial charge in [-0.15, -0.1) is 0 Å². The molecule has 3 heterocycles. The van der Waals surface area contributed by atoms with E-state index in [2.05, 4.69) is 39.2 Å². The predicted octanol–water partition coefficient (Wildman–Crippen LogP) is 4.38. The van der Waals surface area contributed by atoms with Crippen molar-refractivity contribution in [3.63, 3.8) is 0 Å². The number of anilines is 1. The molecule has 5 nitrogen and oxygen atoms in total. The van der Waals surface area contributed by atoms with Gasteiger partial charge < -0.3 is 18.8 Å². The third-order valence-corrected chi connectivity index (χ3v) is 5.28. The maximum Gasteiger partial charge on any atom is 0.139 e. The van der Waals surface area contributed by atoms with Crippen molar-refractivity contribution in [3.8, 4) is 22.8 Å². The highest BCUT2D eigenvalue weighted by molar-refractivity contribution is 9.10. The Hall–Kier alpha value is -2.21. The zero-order valence-corrected chi connectivity index (χ0v) is 15.9. The molecule has 6 heteroatoms. The van der Waals surface area contributed by atoms with Crippen molar-refractivity contribution < 1.29 is 9.47 Å². The van der Waals surface area contributed by atoms with Crippen LogP contribution < -0.4 is 14.4 Å². The molecule has 0 atom stereocenters. The fourth-order valence-electron chi connectivity index (χ4n) is 3.33. The Morgan fingerprint density at radius 3 is 2.52 bits per heavy atom. The van der Waals surface area contributed by atoms with E-state index in [0.717, 1.165) is 46.0 Å². The summed E-state index contributed by atoms with van der Waals surface area (Å²) in [6.07, 6.45) is 6.63. The van der Waals surface area contributed by atoms with Gasteiger partial charge in [-0.1, -0.05) is 0 Å². The second kappa shape index (κ2) is 6.59. The van der Waals surface area contributed by atoms with Crippen LogP contribution in [0, 0.1) is 0 Å². The second-order valence-corrected chi connectivity index (χ2v) is 7.01. The highest BCUT2D eigenvalue weighted by Gasteiger charge is 2.16. The maximum atomic E-state index is 5.54. The zero-order chi connectivity index (χ0) is 17.4. The number of nitrogens with zero attached hydrogens (tertiary/aromatic N) is 3. The number of hydrogen-bond acceptors (Lipinski definition) is 4. The molecule has 1 aromatic carbocycles. The Morgan fingerprint density at radius 1 is 1.04 bits per heavy atom. The molecule has 0 radical (unpaired) electrons. The van der Waals surface area contributed by atoms with Crippen molar-refractivity contribution in [3.05, 3.63) is 41.1 Å². The summed E-state index contributed by atoms with van der Waals surface area (Å²) >= 11 is 3.55. The van der Waals surface area contributed by atoms with Crippen LogP contribution in [0.25, 0.3) is 16.9 Å². The molecule has 0 amide bonds. The van der Waals surface area contributed by atoms with Crippen molar-refractivity contribution in [2.24, 2.45) is 0 Å². The predicted molar refractivity (Wildman–Crippen MR) is 103 cm³/mol. The number of halogens is 1. The molecule has 1 aliphatic heterocycles. The number of rotatable bonds is 4. The summed E-state index contributed by atoms with van der Waals surface area (Å²) in [5.74, 6) is 1.48. The molecule has 0 aliphatic carbocycles. The fourth-order valence-corrected chi connectivity index (χ4v) is 3.84. The molecule has 4 rings (SSSR count). The topological polar surface area (TPSA) is 39.0 Å². The highest BCUT2D eigenvalue weighted by atomic mass is 79.9. The molecule has 2 aromatic heterocycles. The van der Waals surface area contributed by atoms with Gasteiger partial charge in [-0.2, -0.15) is 0 Å². The van der Waals surface area contributed by atoms with Gasteiger partial charge in [0.15, 0.2) is 0 Å². The van der Waals surface area contributed by atoms with E-state index < -0.39 is 0 Å². The van der Waals surface area contributed by atoms with Crippen molar-refractivity contribution in [2.75, 3.05) is 32.2 Å². The van der Waals surface area contributed by atoms with Gasteiger partial charge in [-0.25, -0.2) is 4.98 Å². The van der Waals surface area contributed by atoms with E-state index in [4.69, 9.17) is 14.5 Å². The van der Waals surface area contributed by atoms with Crippen molar-refractivity contribution in [2.45, 2.75) is 12.8 Å². The molecule has 3 aromatic rings. The summed E-state index contributed by atoms with van der Waals surface area (Å²) in [4.78, 5) is 7.23. The van der Waals surface area contributed by atoms with Crippen LogP contribution in [0.15, 0.2) is 41.1 Å². The van der Waals surface area contributed by atoms with Crippen LogP contribution in [-0.4, -0.2) is 36.7 Å². The summed E-state index contributed by atoms with van der Waals surface area (Å²) in [6, 6.07) is 8.17. The number of imidazole rings is 1. The molecule has 130 valence electrons. The van der Waals surface area contributed by atoms with Crippen LogP contribution in [0.1, 0.15) is 12.8 Å². The molecule has 0 unspecified atom stereocenters. The summed E-state index contributed by atoms with van der Waals surface area (Å²) < 4.78 is 13.8. The van der Waals surface area contributed by atoms with E-state index in [0.29, 0.717) is 0 Å². The number of ether oxygens (including phenoxy) is 2. The standard InChI is InChI=1S/C19H20BrN3O2/c1-24-17-11-18(25-2)15(20)10-14(17)16-12-23-8-5-13(9-19(23)21-16)22-6-3-4-7-22/h5,8-12H,3-4,6-7H2,1-2H3. The lowest BCUT2D eigenvalue weighted by Gasteiger charge is -2.17. The first-order chi connectivity index (χ1) is 12.2. The molecule has 0 N–H and O–H groups in total. The summed E-state index contributed by atoms with van der Waals surface area (Å²) in [6.45, 7) is 2.26. The average molecular weight is 402 g/mol. The summed E-state index contributed by atoms with van der Waals surface area (Å²) in [5, 5.41) is 0. The molecule has 0 saturated carbocycles. The Morgan fingerprint density at radius 2 is 1.80 bits per heavy atom. The Kier molecular flexibility index (Phi) is 4.29. The van der Waals surface area contributed by atoms with Gasteiger partial charge in [0.2, 0.25) is 0 Å². The second-order valence-electron chi connectivity index (χ2n) is 6.16. The maximum absolute atomic E-state index is 5.54. The van der Waals surface area contributed by atoms with Crippen molar-refractivity contribution in [1.29, 1.82) is 0 Å². The quantitative estimate of drug-likeness (QED) is 0.649. The first-order valence-electron chi connectivity index (χ1n) is 8.35. The normalized spacial score (nSPS) is 14.3. The number of benzene rings is 1. The Balaban J connectivity index is 1.78. The molecule has 0 spiro atoms. The van der Waals surface area contributed by atoms with Gasteiger partial charge in [-0.05, 0) is 40.9 Å². The smallest absolute Gasteiger partial charge is 0.139 e. The van der Waals surface area contributed by atoms with Crippen LogP contribution in [0.2, 0.25) is 0 Å². The van der Waals surface area contributed by atoms with Crippen LogP contribution >= 0.6 is 15.9 Å². The van der Waals surface area contributed by atoms with Gasteiger partial charge in [0.05, 0.1) is 24.4 Å². The minimum atomic E-state index is 0.737. The van der Waals surface area contributed by atoms with Gasteiger partial charge in [0.25, 0.3) is 0 Å². The molecular weight excluding hydrogens is 382 g/mol. The van der Waals surface area contributed by atoms with E-state index in [1.165, 1.54) is 18.5 Å². The molecule has 25 heavy (non-hydrogen) atoms. The first-order valence-corrected chi connectivity index (χ1v) is 9.14. The van der Waals surface area contributed by atoms with E-state index in [1.807, 2.05) is 22.7 Å². The van der Waals surface area contributed by atoms with Crippen LogP contribution in [0.5, 0.6) is 11.5 Å². The van der Waals surface area contributed by atoms with Gasteiger partial charge in [-0.3, -0.25) is 0 Å². The van der Waals surface area contributed by atoms with E-state index >= 15 is 0 Å². The third kappa shape index (κ3) is 2.95. The number of aromatic nitrogens is 2. The molecule has 1 aliphatic rings. The molecule has 1 saturated heterocycles. The van der Waals surface area contributed by atoms with Gasteiger partial charge in [0.1, 0.15) is 17.1 Å². The number of pyridine rings is 1. The summed E-state index contributed by atoms with van der Waals surface area (Å²) in [5.41, 5.74) is 3.98. The van der Waals surface area contributed by atoms with E-state index in [1.54, 1.807) is 14.2 Å². The van der Waals surface area contributed by atoms with Crippen LogP contribution in [0.4, 0.5) is 5.69 Å².